The summed E-state index contributed by atoms with van der Waals surface area (Å²) in [5, 5.41) is 5.84. The summed E-state index contributed by atoms with van der Waals surface area (Å²) in [5.74, 6) is -0.162. The van der Waals surface area contributed by atoms with Gasteiger partial charge in [0.25, 0.3) is 0 Å². The smallest absolute Gasteiger partial charge is 0.405 e. The highest BCUT2D eigenvalue weighted by atomic mass is 19.4. The zero-order valence-electron chi connectivity index (χ0n) is 16.2. The number of carbonyl (C=O) groups excluding carboxylic acids is 1. The number of nitrogens with zero attached hydrogens (tertiary/aromatic N) is 2. The van der Waals surface area contributed by atoms with Gasteiger partial charge in [0.05, 0.1) is 13.1 Å². The number of halogens is 3. The lowest BCUT2D eigenvalue weighted by Gasteiger charge is -2.17. The number of aliphatic imine (C=N–C) groups is 1. The fourth-order valence-electron chi connectivity index (χ4n) is 2.30. The van der Waals surface area contributed by atoms with Gasteiger partial charge in [0.2, 0.25) is 5.91 Å². The molecule has 0 bridgehead atoms. The minimum atomic E-state index is -4.78. The van der Waals surface area contributed by atoms with Crippen LogP contribution in [0.1, 0.15) is 11.1 Å². The van der Waals surface area contributed by atoms with Crippen molar-refractivity contribution < 1.29 is 22.7 Å². The zero-order chi connectivity index (χ0) is 21.3. The Bertz CT molecular complexity index is 824. The summed E-state index contributed by atoms with van der Waals surface area (Å²) in [4.78, 5) is 17.7. The lowest BCUT2D eigenvalue weighted by Crippen LogP contribution is -2.42. The summed E-state index contributed by atoms with van der Waals surface area (Å²) < 4.78 is 41.8. The van der Waals surface area contributed by atoms with E-state index in [9.17, 15) is 18.0 Å². The van der Waals surface area contributed by atoms with E-state index in [1.807, 2.05) is 30.3 Å². The van der Waals surface area contributed by atoms with Crippen molar-refractivity contribution in [2.45, 2.75) is 19.5 Å². The summed E-state index contributed by atoms with van der Waals surface area (Å²) in [5.41, 5.74) is 1.26. The maximum Gasteiger partial charge on any atom is 0.573 e. The summed E-state index contributed by atoms with van der Waals surface area (Å²) >= 11 is 0. The molecule has 29 heavy (non-hydrogen) atoms. The maximum atomic E-state index is 12.6. The molecule has 0 aliphatic rings. The minimum absolute atomic E-state index is 0.00563. The van der Waals surface area contributed by atoms with Crippen LogP contribution < -0.4 is 15.4 Å². The Morgan fingerprint density at radius 2 is 1.69 bits per heavy atom. The van der Waals surface area contributed by atoms with Gasteiger partial charge in [0, 0.05) is 26.2 Å². The number of carbonyl (C=O) groups is 1. The number of likely N-dealkylation sites (N-methyl/N-ethyl adjacent to an activating group) is 1. The predicted octanol–water partition coefficient (Wildman–Crippen LogP) is 2.91. The molecule has 0 saturated carbocycles. The van der Waals surface area contributed by atoms with Gasteiger partial charge in [0.15, 0.2) is 5.96 Å². The molecule has 6 nitrogen and oxygen atoms in total. The second kappa shape index (κ2) is 10.4. The van der Waals surface area contributed by atoms with Gasteiger partial charge in [-0.05, 0) is 11.6 Å². The van der Waals surface area contributed by atoms with Crippen molar-refractivity contribution in [1.29, 1.82) is 0 Å². The fraction of sp³-hybridized carbons (Fsp3) is 0.300. The highest BCUT2D eigenvalue weighted by Gasteiger charge is 2.31. The lowest BCUT2D eigenvalue weighted by molar-refractivity contribution is -0.274. The van der Waals surface area contributed by atoms with Crippen molar-refractivity contribution in [2.24, 2.45) is 4.99 Å². The van der Waals surface area contributed by atoms with Crippen LogP contribution in [0, 0.1) is 0 Å². The van der Waals surface area contributed by atoms with Gasteiger partial charge in [0.1, 0.15) is 5.75 Å². The molecule has 0 unspecified atom stereocenters. The Kier molecular flexibility index (Phi) is 7.88. The Balaban J connectivity index is 2.10. The third-order valence-corrected chi connectivity index (χ3v) is 3.81. The first-order valence-electron chi connectivity index (χ1n) is 8.84. The Morgan fingerprint density at radius 1 is 1.03 bits per heavy atom. The van der Waals surface area contributed by atoms with Crippen LogP contribution in [-0.4, -0.2) is 43.8 Å². The van der Waals surface area contributed by atoms with Crippen LogP contribution >= 0.6 is 0 Å². The molecule has 0 atom stereocenters. The highest BCUT2D eigenvalue weighted by molar-refractivity contribution is 5.86. The Labute approximate surface area is 167 Å². The number of para-hydroxylation sites is 1. The first-order valence-corrected chi connectivity index (χ1v) is 8.84. The van der Waals surface area contributed by atoms with E-state index in [-0.39, 0.29) is 24.7 Å². The highest BCUT2D eigenvalue weighted by Crippen LogP contribution is 2.26. The summed E-state index contributed by atoms with van der Waals surface area (Å²) in [6.07, 6.45) is -4.78. The molecule has 1 amide bonds. The molecule has 9 heteroatoms. The Hall–Kier alpha value is -3.23. The van der Waals surface area contributed by atoms with E-state index in [0.29, 0.717) is 18.1 Å². The summed E-state index contributed by atoms with van der Waals surface area (Å²) in [6, 6.07) is 15.3. The number of ether oxygens (including phenoxy) is 1. The van der Waals surface area contributed by atoms with Crippen molar-refractivity contribution in [2.75, 3.05) is 20.6 Å². The van der Waals surface area contributed by atoms with Gasteiger partial charge in [-0.15, -0.1) is 13.2 Å². The Morgan fingerprint density at radius 3 is 2.34 bits per heavy atom. The largest absolute Gasteiger partial charge is 0.573 e. The van der Waals surface area contributed by atoms with Crippen LogP contribution in [0.2, 0.25) is 0 Å². The predicted molar refractivity (Wildman–Crippen MR) is 104 cm³/mol. The van der Waals surface area contributed by atoms with Crippen molar-refractivity contribution in [3.8, 4) is 5.75 Å². The monoisotopic (exact) mass is 408 g/mol. The SMILES string of the molecule is CN(C)C(=O)CNC(=NCc1ccccc1)NCc1ccccc1OC(F)(F)F. The number of amides is 1. The number of nitrogens with one attached hydrogen (secondary N) is 2. The van der Waals surface area contributed by atoms with E-state index < -0.39 is 6.36 Å². The van der Waals surface area contributed by atoms with E-state index in [2.05, 4.69) is 20.4 Å². The zero-order valence-corrected chi connectivity index (χ0v) is 16.2. The van der Waals surface area contributed by atoms with Crippen molar-refractivity contribution in [1.82, 2.24) is 15.5 Å². The van der Waals surface area contributed by atoms with Gasteiger partial charge in [-0.3, -0.25) is 4.79 Å². The quantitative estimate of drug-likeness (QED) is 0.546. The molecule has 2 aromatic carbocycles. The summed E-state index contributed by atoms with van der Waals surface area (Å²) in [7, 11) is 3.26. The van der Waals surface area contributed by atoms with E-state index >= 15 is 0 Å². The van der Waals surface area contributed by atoms with Gasteiger partial charge in [-0.2, -0.15) is 0 Å². The van der Waals surface area contributed by atoms with Gasteiger partial charge < -0.3 is 20.3 Å². The topological polar surface area (TPSA) is 66.0 Å². The summed E-state index contributed by atoms with van der Waals surface area (Å²) in [6.45, 7) is 0.365. The molecule has 0 spiro atoms. The molecule has 2 N–H and O–H groups in total. The molecule has 156 valence electrons. The normalized spacial score (nSPS) is 11.7. The van der Waals surface area contributed by atoms with Crippen LogP contribution in [0.15, 0.2) is 59.6 Å². The molecule has 0 radical (unpaired) electrons. The standard InChI is InChI=1S/C20H23F3N4O2/c1-27(2)18(28)14-26-19(24-12-15-8-4-3-5-9-15)25-13-16-10-6-7-11-17(16)29-20(21,22)23/h3-11H,12-14H2,1-2H3,(H2,24,25,26). The molecule has 0 aliphatic carbocycles. The van der Waals surface area contributed by atoms with Gasteiger partial charge in [-0.1, -0.05) is 48.5 Å². The lowest BCUT2D eigenvalue weighted by atomic mass is 10.2. The number of alkyl halides is 3. The van der Waals surface area contributed by atoms with Gasteiger partial charge in [-0.25, -0.2) is 4.99 Å². The average molecular weight is 408 g/mol. The van der Waals surface area contributed by atoms with Gasteiger partial charge >= 0.3 is 6.36 Å². The van der Waals surface area contributed by atoms with Crippen molar-refractivity contribution in [3.05, 3.63) is 65.7 Å². The molecule has 0 aliphatic heterocycles. The molecule has 2 aromatic rings. The first kappa shape index (κ1) is 22.1. The van der Waals surface area contributed by atoms with Crippen LogP contribution in [0.5, 0.6) is 5.75 Å². The molecular weight excluding hydrogens is 385 g/mol. The maximum absolute atomic E-state index is 12.6. The second-order valence-electron chi connectivity index (χ2n) is 6.30. The molecule has 0 heterocycles. The van der Waals surface area contributed by atoms with E-state index in [0.717, 1.165) is 5.56 Å². The van der Waals surface area contributed by atoms with Crippen LogP contribution in [0.3, 0.4) is 0 Å². The van der Waals surface area contributed by atoms with Crippen molar-refractivity contribution in [3.63, 3.8) is 0 Å². The van der Waals surface area contributed by atoms with Crippen LogP contribution in [0.4, 0.5) is 13.2 Å². The third-order valence-electron chi connectivity index (χ3n) is 3.81. The molecule has 2 rings (SSSR count). The average Bonchev–Trinajstić information content (AvgIpc) is 2.67. The third kappa shape index (κ3) is 8.12. The molecule has 0 saturated heterocycles. The second-order valence-corrected chi connectivity index (χ2v) is 6.30. The number of hydrogen-bond donors (Lipinski definition) is 2. The van der Waals surface area contributed by atoms with E-state index in [1.54, 1.807) is 20.2 Å². The minimum Gasteiger partial charge on any atom is -0.405 e. The molecular formula is C20H23F3N4O2. The molecule has 0 fully saturated rings. The fourth-order valence-corrected chi connectivity index (χ4v) is 2.30. The number of guanidine groups is 1. The van der Waals surface area contributed by atoms with E-state index in [4.69, 9.17) is 0 Å². The van der Waals surface area contributed by atoms with Crippen LogP contribution in [0.25, 0.3) is 0 Å². The van der Waals surface area contributed by atoms with E-state index in [1.165, 1.54) is 23.1 Å². The first-order chi connectivity index (χ1) is 13.7. The molecule has 0 aromatic heterocycles. The van der Waals surface area contributed by atoms with Crippen LogP contribution in [-0.2, 0) is 17.9 Å². The number of benzene rings is 2. The van der Waals surface area contributed by atoms with Crippen molar-refractivity contribution >= 4 is 11.9 Å². The number of hydrogen-bond acceptors (Lipinski definition) is 3. The number of rotatable bonds is 7.